The van der Waals surface area contributed by atoms with Crippen LogP contribution in [-0.2, 0) is 9.53 Å². The molecular weight excluding hydrogens is 238 g/mol. The fourth-order valence-electron chi connectivity index (χ4n) is 1.37. The number of cyclic esters (lactones) is 1. The number of carbonyl (C=O) groups excluding carboxylic acids is 1. The van der Waals surface area contributed by atoms with Gasteiger partial charge in [0.05, 0.1) is 6.26 Å². The van der Waals surface area contributed by atoms with Crippen LogP contribution in [0.15, 0.2) is 39.1 Å². The quantitative estimate of drug-likeness (QED) is 0.625. The van der Waals surface area contributed by atoms with Gasteiger partial charge in [0.15, 0.2) is 11.8 Å². The first-order chi connectivity index (χ1) is 8.83. The lowest BCUT2D eigenvalue weighted by Crippen LogP contribution is -2.16. The minimum Gasteiger partial charge on any atom is -0.459 e. The van der Waals surface area contributed by atoms with Gasteiger partial charge in [-0.05, 0) is 12.1 Å². The third kappa shape index (κ3) is 1.90. The lowest BCUT2D eigenvalue weighted by molar-refractivity contribution is -0.133. The van der Waals surface area contributed by atoms with E-state index < -0.39 is 12.0 Å². The summed E-state index contributed by atoms with van der Waals surface area (Å²) in [4.78, 5) is 23.3. The van der Waals surface area contributed by atoms with Gasteiger partial charge in [0.25, 0.3) is 5.90 Å². The molecule has 3 heterocycles. The standard InChI is InChI=1S/C10H7N5O3/c16-9-6(4-11-10-12-5-13-15-10)14-8(18-9)7-2-1-3-17-7/h1-6H,(H,12,13,15). The number of H-pyrrole nitrogens is 1. The van der Waals surface area contributed by atoms with Crippen LogP contribution >= 0.6 is 0 Å². The van der Waals surface area contributed by atoms with Crippen molar-refractivity contribution in [3.63, 3.8) is 0 Å². The van der Waals surface area contributed by atoms with Crippen molar-refractivity contribution in [2.24, 2.45) is 9.98 Å². The molecule has 1 unspecified atom stereocenters. The highest BCUT2D eigenvalue weighted by Gasteiger charge is 2.29. The fourth-order valence-corrected chi connectivity index (χ4v) is 1.37. The summed E-state index contributed by atoms with van der Waals surface area (Å²) in [6.07, 6.45) is 4.12. The van der Waals surface area contributed by atoms with E-state index in [2.05, 4.69) is 25.2 Å². The van der Waals surface area contributed by atoms with Crippen LogP contribution in [0.5, 0.6) is 0 Å². The van der Waals surface area contributed by atoms with Crippen LogP contribution in [0.1, 0.15) is 5.76 Å². The molecule has 0 bridgehead atoms. The minimum atomic E-state index is -0.796. The van der Waals surface area contributed by atoms with Gasteiger partial charge < -0.3 is 9.15 Å². The van der Waals surface area contributed by atoms with Crippen LogP contribution in [-0.4, -0.2) is 39.3 Å². The maximum atomic E-state index is 11.5. The van der Waals surface area contributed by atoms with Gasteiger partial charge in [0, 0.05) is 6.21 Å². The second-order valence-electron chi connectivity index (χ2n) is 3.36. The fraction of sp³-hybridized carbons (Fsp3) is 0.100. The maximum absolute atomic E-state index is 11.5. The zero-order valence-electron chi connectivity index (χ0n) is 8.98. The Bertz CT molecular complexity index is 600. The number of aliphatic imine (C=N–C) groups is 2. The van der Waals surface area contributed by atoms with Gasteiger partial charge in [0.1, 0.15) is 6.33 Å². The Morgan fingerprint density at radius 3 is 3.17 bits per heavy atom. The largest absolute Gasteiger partial charge is 0.459 e. The summed E-state index contributed by atoms with van der Waals surface area (Å²) in [6.45, 7) is 0. The number of nitrogens with zero attached hydrogens (tertiary/aromatic N) is 4. The van der Waals surface area contributed by atoms with Crippen molar-refractivity contribution in [3.05, 3.63) is 30.5 Å². The Balaban J connectivity index is 1.79. The van der Waals surface area contributed by atoms with Gasteiger partial charge in [-0.15, -0.1) is 0 Å². The molecule has 0 aliphatic carbocycles. The van der Waals surface area contributed by atoms with Crippen LogP contribution < -0.4 is 0 Å². The first-order valence-electron chi connectivity index (χ1n) is 5.06. The summed E-state index contributed by atoms with van der Waals surface area (Å²) in [6, 6.07) is 2.54. The van der Waals surface area contributed by atoms with Crippen molar-refractivity contribution in [1.82, 2.24) is 15.2 Å². The van der Waals surface area contributed by atoms with E-state index in [1.165, 1.54) is 18.8 Å². The second kappa shape index (κ2) is 4.24. The molecule has 90 valence electrons. The summed E-state index contributed by atoms with van der Waals surface area (Å²) in [7, 11) is 0. The highest BCUT2D eigenvalue weighted by molar-refractivity contribution is 6.10. The van der Waals surface area contributed by atoms with E-state index in [4.69, 9.17) is 9.15 Å². The maximum Gasteiger partial charge on any atom is 0.343 e. The molecule has 0 radical (unpaired) electrons. The lowest BCUT2D eigenvalue weighted by Gasteiger charge is -1.93. The van der Waals surface area contributed by atoms with Crippen molar-refractivity contribution < 1.29 is 13.9 Å². The first kappa shape index (κ1) is 10.4. The summed E-state index contributed by atoms with van der Waals surface area (Å²) in [5.41, 5.74) is 0. The van der Waals surface area contributed by atoms with Crippen molar-refractivity contribution in [1.29, 1.82) is 0 Å². The summed E-state index contributed by atoms with van der Waals surface area (Å²) >= 11 is 0. The van der Waals surface area contributed by atoms with Gasteiger partial charge in [-0.2, -0.15) is 10.1 Å². The summed E-state index contributed by atoms with van der Waals surface area (Å²) in [5, 5.41) is 6.16. The molecule has 0 aromatic carbocycles. The normalized spacial score (nSPS) is 19.2. The number of esters is 1. The minimum absolute atomic E-state index is 0.152. The zero-order chi connectivity index (χ0) is 12.4. The second-order valence-corrected chi connectivity index (χ2v) is 3.36. The molecule has 0 fully saturated rings. The summed E-state index contributed by atoms with van der Waals surface area (Å²) < 4.78 is 10.1. The number of aromatic amines is 1. The molecule has 2 aromatic heterocycles. The van der Waals surface area contributed by atoms with E-state index in [9.17, 15) is 4.79 Å². The van der Waals surface area contributed by atoms with Crippen molar-refractivity contribution in [3.8, 4) is 0 Å². The van der Waals surface area contributed by atoms with Crippen LogP contribution in [0.3, 0.4) is 0 Å². The lowest BCUT2D eigenvalue weighted by atomic mass is 10.3. The molecule has 0 saturated heterocycles. The molecule has 2 aromatic rings. The number of aromatic nitrogens is 3. The number of nitrogens with one attached hydrogen (secondary N) is 1. The monoisotopic (exact) mass is 245 g/mol. The molecule has 1 atom stereocenters. The number of rotatable bonds is 3. The molecular formula is C10H7N5O3. The van der Waals surface area contributed by atoms with E-state index in [1.54, 1.807) is 12.1 Å². The van der Waals surface area contributed by atoms with Gasteiger partial charge in [-0.3, -0.25) is 0 Å². The van der Waals surface area contributed by atoms with Crippen LogP contribution in [0, 0.1) is 0 Å². The van der Waals surface area contributed by atoms with Gasteiger partial charge in [-0.25, -0.2) is 19.9 Å². The summed E-state index contributed by atoms with van der Waals surface area (Å²) in [5.74, 6) is 0.340. The molecule has 8 nitrogen and oxygen atoms in total. The van der Waals surface area contributed by atoms with E-state index in [1.807, 2.05) is 0 Å². The highest BCUT2D eigenvalue weighted by Crippen LogP contribution is 2.13. The number of carbonyl (C=O) groups is 1. The SMILES string of the molecule is O=C1OC(c2ccco2)=NC1C=Nc1ncn[nH]1. The van der Waals surface area contributed by atoms with E-state index in [0.717, 1.165) is 0 Å². The van der Waals surface area contributed by atoms with Crippen LogP contribution in [0.4, 0.5) is 5.95 Å². The van der Waals surface area contributed by atoms with Crippen molar-refractivity contribution >= 4 is 24.0 Å². The Labute approximate surface area is 100 Å². The van der Waals surface area contributed by atoms with Crippen LogP contribution in [0.2, 0.25) is 0 Å². The Morgan fingerprint density at radius 2 is 2.44 bits per heavy atom. The molecule has 0 saturated carbocycles. The highest BCUT2D eigenvalue weighted by atomic mass is 16.6. The Kier molecular flexibility index (Phi) is 2.45. The van der Waals surface area contributed by atoms with Crippen molar-refractivity contribution in [2.45, 2.75) is 6.04 Å². The molecule has 1 aliphatic heterocycles. The van der Waals surface area contributed by atoms with E-state index >= 15 is 0 Å². The molecule has 1 aliphatic rings. The topological polar surface area (TPSA) is 106 Å². The van der Waals surface area contributed by atoms with E-state index in [-0.39, 0.29) is 5.90 Å². The molecule has 3 rings (SSSR count). The smallest absolute Gasteiger partial charge is 0.343 e. The van der Waals surface area contributed by atoms with Crippen LogP contribution in [0.25, 0.3) is 0 Å². The number of furan rings is 1. The molecule has 1 N–H and O–H groups in total. The van der Waals surface area contributed by atoms with Gasteiger partial charge in [-0.1, -0.05) is 0 Å². The predicted octanol–water partition coefficient (Wildman–Crippen LogP) is 0.472. The van der Waals surface area contributed by atoms with Gasteiger partial charge in [0.2, 0.25) is 5.95 Å². The molecule has 18 heavy (non-hydrogen) atoms. The molecule has 0 spiro atoms. The average Bonchev–Trinajstić information content (AvgIpc) is 3.09. The first-order valence-corrected chi connectivity index (χ1v) is 5.06. The number of hydrogen-bond donors (Lipinski definition) is 1. The molecule has 8 heteroatoms. The van der Waals surface area contributed by atoms with Crippen molar-refractivity contribution in [2.75, 3.05) is 0 Å². The number of hydrogen-bond acceptors (Lipinski definition) is 7. The van der Waals surface area contributed by atoms with E-state index in [0.29, 0.717) is 11.7 Å². The molecule has 0 amide bonds. The predicted molar refractivity (Wildman–Crippen MR) is 59.7 cm³/mol. The third-order valence-electron chi connectivity index (χ3n) is 2.17. The number of ether oxygens (including phenoxy) is 1. The average molecular weight is 245 g/mol. The Hall–Kier alpha value is -2.77. The Morgan fingerprint density at radius 1 is 1.50 bits per heavy atom. The zero-order valence-corrected chi connectivity index (χ0v) is 8.98. The third-order valence-corrected chi connectivity index (χ3v) is 2.17. The van der Waals surface area contributed by atoms with Gasteiger partial charge >= 0.3 is 5.97 Å².